The molecule has 9 atom stereocenters. The monoisotopic (exact) mass is 1210 g/mol. The summed E-state index contributed by atoms with van der Waals surface area (Å²) in [5, 5.41) is 72.2. The first kappa shape index (κ1) is 65.3. The molecule has 0 radical (unpaired) electrons. The van der Waals surface area contributed by atoms with E-state index in [1.165, 1.54) is 63.4 Å². The van der Waals surface area contributed by atoms with Crippen molar-refractivity contribution in [2.24, 2.45) is 0 Å². The minimum absolute atomic E-state index is 0.00233. The van der Waals surface area contributed by atoms with Crippen molar-refractivity contribution in [1.82, 2.24) is 26.6 Å². The summed E-state index contributed by atoms with van der Waals surface area (Å²) in [5.74, 6) is -6.47. The highest BCUT2D eigenvalue weighted by Gasteiger charge is 2.50. The van der Waals surface area contributed by atoms with Crippen LogP contribution in [0.5, 0.6) is 17.2 Å². The van der Waals surface area contributed by atoms with E-state index in [2.05, 4.69) is 45.1 Å². The number of alkyl carbamates (subject to hydrolysis) is 3. The molecule has 3 aliphatic rings. The fraction of sp³-hybridized carbons (Fsp3) is 0.393. The number of aliphatic hydroxyl groups is 3. The predicted octanol–water partition coefficient (Wildman–Crippen LogP) is 3.50. The summed E-state index contributed by atoms with van der Waals surface area (Å²) in [4.78, 5) is 120. The van der Waals surface area contributed by atoms with Crippen LogP contribution >= 0.6 is 0 Å². The summed E-state index contributed by atoms with van der Waals surface area (Å²) in [5.41, 5.74) is -3.08. The minimum Gasteiger partial charge on any atom is -0.507 e. The van der Waals surface area contributed by atoms with Gasteiger partial charge in [-0.15, -0.1) is 0 Å². The molecule has 0 saturated carbocycles. The Bertz CT molecular complexity index is 3250. The minimum atomic E-state index is -2.43. The lowest BCUT2D eigenvalue weighted by Gasteiger charge is -2.42. The molecule has 26 nitrogen and oxygen atoms in total. The van der Waals surface area contributed by atoms with Crippen LogP contribution in [0.1, 0.15) is 106 Å². The van der Waals surface area contributed by atoms with E-state index in [0.717, 1.165) is 0 Å². The number of benzene rings is 4. The Kier molecular flexibility index (Phi) is 22.3. The zero-order valence-electron chi connectivity index (χ0n) is 48.0. The molecule has 6 amide bonds. The number of carbonyl (C=O) groups excluding carboxylic acids is 9. The Morgan fingerprint density at radius 2 is 1.45 bits per heavy atom. The molecule has 4 aromatic carbocycles. The molecule has 87 heavy (non-hydrogen) atoms. The Morgan fingerprint density at radius 1 is 0.770 bits per heavy atom. The molecular formula is C61H70N6O20. The number of hydrogen-bond donors (Lipinski definition) is 11. The van der Waals surface area contributed by atoms with Crippen molar-refractivity contribution in [3.05, 3.63) is 143 Å². The standard InChI is InChI=1S/C61H70N6O20/c1-6-24-83-58(78)62-23-12-11-17-39(65-57(77)41(26-34-14-9-8-10-15-34)66-55(75)32(3)63-59(79)84-25-7-2)56(76)64-36-21-19-35(20-22-36)31-85-60(80)67-40-27-45(86-33(4)50(40)70)87-43-29-61(81,44(69)30-68)28-38-47(43)54(74)49-48(52(38)72)51(71)37-16-13-18-42(82-5)46(37)53(49)73/h6-10,13-16,18-22,32-33,39-41,43,45,50,68,70,72,74,81H,1-2,11-12,17,23-31H2,3-5H3,(H,62,78)(H,63,79)(H,64,76)(H,65,77)(H,66,75)(H,67,80)/t32-,33+,39+,40+,41+,43+,45+,50-,61+/m1/s1. The van der Waals surface area contributed by atoms with Crippen LogP contribution in [0.3, 0.4) is 0 Å². The maximum absolute atomic E-state index is 14.1. The Balaban J connectivity index is 1.01. The molecule has 0 aromatic heterocycles. The van der Waals surface area contributed by atoms with Crippen molar-refractivity contribution >= 4 is 59.0 Å². The van der Waals surface area contributed by atoms with Crippen molar-refractivity contribution in [1.29, 1.82) is 0 Å². The number of methoxy groups -OCH3 is 1. The maximum Gasteiger partial charge on any atom is 0.408 e. The fourth-order valence-corrected chi connectivity index (χ4v) is 10.3. The van der Waals surface area contributed by atoms with Gasteiger partial charge in [-0.2, -0.15) is 0 Å². The highest BCUT2D eigenvalue weighted by atomic mass is 16.7. The first-order chi connectivity index (χ1) is 41.6. The molecule has 1 heterocycles. The first-order valence-corrected chi connectivity index (χ1v) is 27.9. The second kappa shape index (κ2) is 29.7. The van der Waals surface area contributed by atoms with Gasteiger partial charge in [-0.25, -0.2) is 14.4 Å². The van der Waals surface area contributed by atoms with Crippen LogP contribution < -0.4 is 36.6 Å². The molecule has 0 spiro atoms. The van der Waals surface area contributed by atoms with Crippen molar-refractivity contribution in [3.63, 3.8) is 0 Å². The van der Waals surface area contributed by atoms with Gasteiger partial charge in [0.1, 0.15) is 73.5 Å². The average molecular weight is 1210 g/mol. The van der Waals surface area contributed by atoms with Crippen LogP contribution in [-0.2, 0) is 62.3 Å². The van der Waals surface area contributed by atoms with Crippen LogP contribution in [0.15, 0.2) is 98.1 Å². The van der Waals surface area contributed by atoms with Gasteiger partial charge in [-0.05, 0) is 62.4 Å². The third kappa shape index (κ3) is 16.0. The van der Waals surface area contributed by atoms with Gasteiger partial charge in [-0.3, -0.25) is 28.8 Å². The molecule has 11 N–H and O–H groups in total. The Morgan fingerprint density at radius 3 is 2.13 bits per heavy atom. The van der Waals surface area contributed by atoms with E-state index < -0.39 is 150 Å². The van der Waals surface area contributed by atoms with E-state index >= 15 is 0 Å². The number of anilines is 1. The SMILES string of the molecule is C=CCOC(=O)NCCCC[C@H](NC(=O)[C@H](Cc1ccccc1)NC(=O)[C@@H](C)NC(=O)OCC=C)C(=O)Nc1ccc(COC(=O)N[C@H]2C[C@H](O[C@H]3C[C@](O)(C(=O)CO)Cc4c(O)c5c(c(O)c43)C(=O)c3c(OC)cccc3C5=O)O[C@@H](C)[C@H]2O)cc1. The number of aliphatic hydroxyl groups excluding tert-OH is 2. The quantitative estimate of drug-likeness (QED) is 0.0163. The second-order valence-corrected chi connectivity index (χ2v) is 20.9. The van der Waals surface area contributed by atoms with Gasteiger partial charge >= 0.3 is 18.3 Å². The topological polar surface area (TPSA) is 382 Å². The molecule has 0 unspecified atom stereocenters. The second-order valence-electron chi connectivity index (χ2n) is 20.9. The molecule has 4 aromatic rings. The number of phenolic OH excluding ortho intramolecular Hbond substituents is 2. The van der Waals surface area contributed by atoms with Crippen molar-refractivity contribution < 1.29 is 97.1 Å². The van der Waals surface area contributed by atoms with Gasteiger partial charge in [0.25, 0.3) is 0 Å². The fourth-order valence-electron chi connectivity index (χ4n) is 10.3. The lowest BCUT2D eigenvalue weighted by molar-refractivity contribution is -0.249. The van der Waals surface area contributed by atoms with E-state index in [1.54, 1.807) is 42.5 Å². The van der Waals surface area contributed by atoms with E-state index in [-0.39, 0.29) is 79.3 Å². The number of carbonyl (C=O) groups is 9. The van der Waals surface area contributed by atoms with E-state index in [1.807, 2.05) is 0 Å². The third-order valence-electron chi connectivity index (χ3n) is 14.8. The predicted molar refractivity (Wildman–Crippen MR) is 308 cm³/mol. The lowest BCUT2D eigenvalue weighted by Crippen LogP contribution is -2.56. The smallest absolute Gasteiger partial charge is 0.408 e. The molecule has 1 aliphatic heterocycles. The molecule has 1 fully saturated rings. The van der Waals surface area contributed by atoms with E-state index in [4.69, 9.17) is 28.4 Å². The Hall–Kier alpha value is -9.21. The number of Topliss-reactive ketones (excluding diaryl/α,β-unsaturated/α-hetero) is 1. The molecule has 0 bridgehead atoms. The van der Waals surface area contributed by atoms with Gasteiger partial charge in [-0.1, -0.05) is 79.9 Å². The third-order valence-corrected chi connectivity index (χ3v) is 14.8. The summed E-state index contributed by atoms with van der Waals surface area (Å²) >= 11 is 0. The molecule has 7 rings (SSSR count). The number of ether oxygens (including phenoxy) is 6. The number of phenols is 2. The molecular weight excluding hydrogens is 1140 g/mol. The zero-order valence-corrected chi connectivity index (χ0v) is 48.0. The summed E-state index contributed by atoms with van der Waals surface area (Å²) in [7, 11) is 1.28. The van der Waals surface area contributed by atoms with Gasteiger partial charge in [0.15, 0.2) is 17.9 Å². The number of rotatable bonds is 26. The van der Waals surface area contributed by atoms with Crippen LogP contribution in [0.4, 0.5) is 20.1 Å². The van der Waals surface area contributed by atoms with Crippen LogP contribution in [0.2, 0.25) is 0 Å². The molecule has 464 valence electrons. The van der Waals surface area contributed by atoms with Crippen LogP contribution in [0, 0.1) is 0 Å². The largest absolute Gasteiger partial charge is 0.507 e. The van der Waals surface area contributed by atoms with Gasteiger partial charge in [0, 0.05) is 54.6 Å². The van der Waals surface area contributed by atoms with Gasteiger partial charge < -0.3 is 85.9 Å². The summed E-state index contributed by atoms with van der Waals surface area (Å²) in [6, 6.07) is 14.4. The number of hydrogen-bond acceptors (Lipinski definition) is 20. The van der Waals surface area contributed by atoms with E-state index in [0.29, 0.717) is 24.0 Å². The maximum atomic E-state index is 14.1. The van der Waals surface area contributed by atoms with Crippen LogP contribution in [0.25, 0.3) is 0 Å². The lowest BCUT2D eigenvalue weighted by atomic mass is 9.72. The number of unbranched alkanes of at least 4 members (excludes halogenated alkanes) is 1. The van der Waals surface area contributed by atoms with Crippen LogP contribution in [-0.4, -0.2) is 161 Å². The average Bonchev–Trinajstić information content (AvgIpc) is 2.12. The number of nitrogens with one attached hydrogen (secondary N) is 6. The zero-order chi connectivity index (χ0) is 63.1. The number of aromatic hydroxyl groups is 2. The van der Waals surface area contributed by atoms with Crippen molar-refractivity contribution in [2.45, 2.75) is 120 Å². The van der Waals surface area contributed by atoms with Crippen molar-refractivity contribution in [3.8, 4) is 17.2 Å². The molecule has 26 heteroatoms. The summed E-state index contributed by atoms with van der Waals surface area (Å²) in [6.45, 7) is 8.47. The summed E-state index contributed by atoms with van der Waals surface area (Å²) < 4.78 is 32.9. The van der Waals surface area contributed by atoms with Gasteiger partial charge in [0.05, 0.1) is 42.0 Å². The molecule has 2 aliphatic carbocycles. The number of ketones is 3. The Labute approximate surface area is 499 Å². The summed E-state index contributed by atoms with van der Waals surface area (Å²) in [6.07, 6.45) is -6.02. The van der Waals surface area contributed by atoms with Gasteiger partial charge in [0.2, 0.25) is 23.5 Å². The highest BCUT2D eigenvalue weighted by Crippen LogP contribution is 2.52. The first-order valence-electron chi connectivity index (χ1n) is 27.9. The van der Waals surface area contributed by atoms with Crippen molar-refractivity contribution in [2.75, 3.05) is 38.8 Å². The molecule has 1 saturated heterocycles. The highest BCUT2D eigenvalue weighted by molar-refractivity contribution is 6.31. The number of fused-ring (bicyclic) bond motifs is 3. The number of amides is 6. The van der Waals surface area contributed by atoms with E-state index in [9.17, 15) is 68.7 Å². The normalized spacial score (nSPS) is 20.2.